The second-order valence-electron chi connectivity index (χ2n) is 6.64. The van der Waals surface area contributed by atoms with Crippen molar-refractivity contribution in [2.24, 2.45) is 4.99 Å². The number of nitrogens with one attached hydrogen (secondary N) is 1. The molecule has 1 aromatic rings. The molecule has 1 N–H and O–H groups in total. The average Bonchev–Trinajstić information content (AvgIpc) is 2.60. The first kappa shape index (κ1) is 23.0. The Morgan fingerprint density at radius 2 is 2.04 bits per heavy atom. The van der Waals surface area contributed by atoms with Crippen molar-refractivity contribution in [1.29, 1.82) is 0 Å². The third-order valence-corrected chi connectivity index (χ3v) is 4.90. The highest BCUT2D eigenvalue weighted by molar-refractivity contribution is 14.0. The number of carbonyl (C=O) groups is 1. The van der Waals surface area contributed by atoms with Gasteiger partial charge in [-0.05, 0) is 43.9 Å². The van der Waals surface area contributed by atoms with E-state index in [1.807, 2.05) is 41.1 Å². The van der Waals surface area contributed by atoms with Crippen LogP contribution in [0, 0.1) is 0 Å². The summed E-state index contributed by atoms with van der Waals surface area (Å²) >= 11 is 5.92. The fraction of sp³-hybridized carbons (Fsp3) is 0.579. The quantitative estimate of drug-likeness (QED) is 0.387. The van der Waals surface area contributed by atoms with Crippen molar-refractivity contribution in [2.75, 3.05) is 27.2 Å². The number of guanidine groups is 1. The van der Waals surface area contributed by atoms with Gasteiger partial charge in [-0.15, -0.1) is 24.0 Å². The van der Waals surface area contributed by atoms with Gasteiger partial charge >= 0.3 is 0 Å². The van der Waals surface area contributed by atoms with E-state index < -0.39 is 0 Å². The fourth-order valence-corrected chi connectivity index (χ4v) is 3.34. The molecule has 26 heavy (non-hydrogen) atoms. The monoisotopic (exact) mass is 492 g/mol. The molecule has 2 rings (SSSR count). The van der Waals surface area contributed by atoms with Gasteiger partial charge in [-0.3, -0.25) is 9.79 Å². The Labute approximate surface area is 179 Å². The van der Waals surface area contributed by atoms with Gasteiger partial charge in [0.05, 0.1) is 0 Å². The summed E-state index contributed by atoms with van der Waals surface area (Å²) in [5.41, 5.74) is 1.16. The number of benzene rings is 1. The Balaban J connectivity index is 0.00000338. The Bertz CT molecular complexity index is 594. The molecule has 0 aromatic heterocycles. The molecule has 1 fully saturated rings. The van der Waals surface area contributed by atoms with Crippen LogP contribution in [0.25, 0.3) is 0 Å². The first-order valence-electron chi connectivity index (χ1n) is 8.97. The van der Waals surface area contributed by atoms with Crippen LogP contribution in [-0.2, 0) is 11.3 Å². The van der Waals surface area contributed by atoms with Crippen LogP contribution in [0.3, 0.4) is 0 Å². The lowest BCUT2D eigenvalue weighted by molar-refractivity contribution is -0.134. The molecule has 1 saturated heterocycles. The molecular formula is C19H30ClIN4O. The summed E-state index contributed by atoms with van der Waals surface area (Å²) in [6, 6.07) is 8.16. The summed E-state index contributed by atoms with van der Waals surface area (Å²) in [6.07, 6.45) is 3.96. The SMILES string of the molecule is CN=C(NCCC(=O)N1CCCCC1C)N(C)Cc1ccc(Cl)cc1.I. The van der Waals surface area contributed by atoms with Gasteiger partial charge in [0.1, 0.15) is 0 Å². The van der Waals surface area contributed by atoms with Crippen molar-refractivity contribution in [2.45, 2.75) is 45.2 Å². The molecule has 7 heteroatoms. The highest BCUT2D eigenvalue weighted by Crippen LogP contribution is 2.17. The molecule has 1 aliphatic heterocycles. The second kappa shape index (κ2) is 11.6. The predicted octanol–water partition coefficient (Wildman–Crippen LogP) is 3.76. The predicted molar refractivity (Wildman–Crippen MR) is 119 cm³/mol. The molecule has 0 saturated carbocycles. The number of amides is 1. The van der Waals surface area contributed by atoms with E-state index in [2.05, 4.69) is 17.2 Å². The van der Waals surface area contributed by atoms with Gasteiger partial charge < -0.3 is 15.1 Å². The van der Waals surface area contributed by atoms with Crippen molar-refractivity contribution in [3.63, 3.8) is 0 Å². The van der Waals surface area contributed by atoms with Crippen molar-refractivity contribution < 1.29 is 4.79 Å². The molecule has 0 bridgehead atoms. The Morgan fingerprint density at radius 3 is 2.65 bits per heavy atom. The second-order valence-corrected chi connectivity index (χ2v) is 7.07. The number of piperidine rings is 1. The summed E-state index contributed by atoms with van der Waals surface area (Å²) in [6.45, 7) is 4.36. The van der Waals surface area contributed by atoms with Gasteiger partial charge in [0.15, 0.2) is 5.96 Å². The van der Waals surface area contributed by atoms with Crippen LogP contribution in [0.4, 0.5) is 0 Å². The summed E-state index contributed by atoms with van der Waals surface area (Å²) in [5, 5.41) is 4.02. The van der Waals surface area contributed by atoms with Crippen LogP contribution in [-0.4, -0.2) is 54.9 Å². The number of hydrogen-bond acceptors (Lipinski definition) is 2. The standard InChI is InChI=1S/C19H29ClN4O.HI/c1-15-6-4-5-13-24(15)18(25)11-12-22-19(21-2)23(3)14-16-7-9-17(20)10-8-16;/h7-10,15H,4-6,11-14H2,1-3H3,(H,21,22);1H. The summed E-state index contributed by atoms with van der Waals surface area (Å²) in [5.74, 6) is 1.02. The minimum atomic E-state index is 0. The van der Waals surface area contributed by atoms with Gasteiger partial charge in [-0.1, -0.05) is 23.7 Å². The zero-order chi connectivity index (χ0) is 18.2. The van der Waals surface area contributed by atoms with Crippen molar-refractivity contribution in [3.05, 3.63) is 34.9 Å². The zero-order valence-electron chi connectivity index (χ0n) is 15.9. The topological polar surface area (TPSA) is 47.9 Å². The molecule has 0 spiro atoms. The summed E-state index contributed by atoms with van der Waals surface area (Å²) < 4.78 is 0. The lowest BCUT2D eigenvalue weighted by Crippen LogP contribution is -2.44. The van der Waals surface area contributed by atoms with Crippen LogP contribution in [0.15, 0.2) is 29.3 Å². The van der Waals surface area contributed by atoms with E-state index in [1.165, 1.54) is 6.42 Å². The van der Waals surface area contributed by atoms with Gasteiger partial charge in [0.25, 0.3) is 0 Å². The lowest BCUT2D eigenvalue weighted by atomic mass is 10.0. The molecule has 0 aliphatic carbocycles. The van der Waals surface area contributed by atoms with Crippen molar-refractivity contribution in [1.82, 2.24) is 15.1 Å². The highest BCUT2D eigenvalue weighted by Gasteiger charge is 2.22. The van der Waals surface area contributed by atoms with Crippen LogP contribution < -0.4 is 5.32 Å². The van der Waals surface area contributed by atoms with E-state index in [4.69, 9.17) is 11.6 Å². The first-order chi connectivity index (χ1) is 12.0. The van der Waals surface area contributed by atoms with Crippen LogP contribution in [0.2, 0.25) is 5.02 Å². The fourth-order valence-electron chi connectivity index (χ4n) is 3.22. The normalized spacial score (nSPS) is 17.5. The number of nitrogens with zero attached hydrogens (tertiary/aromatic N) is 3. The van der Waals surface area contributed by atoms with Gasteiger partial charge in [-0.25, -0.2) is 0 Å². The van der Waals surface area contributed by atoms with Gasteiger partial charge in [-0.2, -0.15) is 0 Å². The van der Waals surface area contributed by atoms with E-state index in [0.717, 1.165) is 42.5 Å². The van der Waals surface area contributed by atoms with Gasteiger partial charge in [0, 0.05) is 51.2 Å². The number of halogens is 2. The molecule has 1 aliphatic rings. The Hall–Kier alpha value is -1.02. The molecule has 1 heterocycles. The van der Waals surface area contributed by atoms with E-state index in [-0.39, 0.29) is 29.9 Å². The average molecular weight is 493 g/mol. The smallest absolute Gasteiger partial charge is 0.224 e. The van der Waals surface area contributed by atoms with E-state index in [0.29, 0.717) is 19.0 Å². The first-order valence-corrected chi connectivity index (χ1v) is 9.34. The van der Waals surface area contributed by atoms with Crippen LogP contribution >= 0.6 is 35.6 Å². The van der Waals surface area contributed by atoms with E-state index in [9.17, 15) is 4.79 Å². The molecule has 1 unspecified atom stereocenters. The largest absolute Gasteiger partial charge is 0.356 e. The number of rotatable bonds is 5. The van der Waals surface area contributed by atoms with Crippen LogP contribution in [0.1, 0.15) is 38.2 Å². The summed E-state index contributed by atoms with van der Waals surface area (Å²) in [4.78, 5) is 20.8. The number of likely N-dealkylation sites (tertiary alicyclic amines) is 1. The maximum absolute atomic E-state index is 12.4. The zero-order valence-corrected chi connectivity index (χ0v) is 19.0. The molecule has 5 nitrogen and oxygen atoms in total. The van der Waals surface area contributed by atoms with Gasteiger partial charge in [0.2, 0.25) is 5.91 Å². The molecule has 0 radical (unpaired) electrons. The Kier molecular flexibility index (Phi) is 10.3. The molecule has 146 valence electrons. The maximum atomic E-state index is 12.4. The third kappa shape index (κ3) is 6.95. The molecular weight excluding hydrogens is 463 g/mol. The molecule has 1 amide bonds. The Morgan fingerprint density at radius 1 is 1.35 bits per heavy atom. The molecule has 1 atom stereocenters. The minimum absolute atomic E-state index is 0. The molecule has 1 aromatic carbocycles. The van der Waals surface area contributed by atoms with E-state index >= 15 is 0 Å². The highest BCUT2D eigenvalue weighted by atomic mass is 127. The van der Waals surface area contributed by atoms with Crippen molar-refractivity contribution >= 4 is 47.4 Å². The minimum Gasteiger partial charge on any atom is -0.356 e. The number of aliphatic imine (C=N–C) groups is 1. The van der Waals surface area contributed by atoms with E-state index in [1.54, 1.807) is 7.05 Å². The number of hydrogen-bond donors (Lipinski definition) is 1. The summed E-state index contributed by atoms with van der Waals surface area (Å²) in [7, 11) is 3.74. The lowest BCUT2D eigenvalue weighted by Gasteiger charge is -2.33. The van der Waals surface area contributed by atoms with Crippen LogP contribution in [0.5, 0.6) is 0 Å². The number of carbonyl (C=O) groups excluding carboxylic acids is 1. The van der Waals surface area contributed by atoms with Crippen molar-refractivity contribution in [3.8, 4) is 0 Å². The maximum Gasteiger partial charge on any atom is 0.224 e. The third-order valence-electron chi connectivity index (χ3n) is 4.65.